The number of hydrogen-bond donors (Lipinski definition) is 0. The van der Waals surface area contributed by atoms with Crippen molar-refractivity contribution in [3.8, 4) is 55.8 Å². The van der Waals surface area contributed by atoms with Gasteiger partial charge in [0.25, 0.3) is 0 Å². The minimum atomic E-state index is -0.122. The van der Waals surface area contributed by atoms with Crippen LogP contribution in [0.3, 0.4) is 0 Å². The van der Waals surface area contributed by atoms with Gasteiger partial charge < -0.3 is 9.38 Å². The lowest BCUT2D eigenvalue weighted by atomic mass is 9.44. The summed E-state index contributed by atoms with van der Waals surface area (Å²) in [4.78, 5) is 2.59. The number of hydrogen-bond acceptors (Lipinski definition) is 1. The van der Waals surface area contributed by atoms with Crippen molar-refractivity contribution < 1.29 is 0 Å². The number of anilines is 3. The summed E-state index contributed by atoms with van der Waals surface area (Å²) >= 11 is 0. The maximum Gasteiger partial charge on any atom is 0.333 e. The van der Waals surface area contributed by atoms with Gasteiger partial charge in [-0.1, -0.05) is 210 Å². The fourth-order valence-corrected chi connectivity index (χ4v) is 11.3. The molecule has 0 radical (unpaired) electrons. The van der Waals surface area contributed by atoms with Gasteiger partial charge >= 0.3 is 6.85 Å². The molecule has 0 spiro atoms. The molecule has 0 aliphatic carbocycles. The molecule has 3 heteroatoms. The van der Waals surface area contributed by atoms with E-state index in [1.54, 1.807) is 0 Å². The summed E-state index contributed by atoms with van der Waals surface area (Å²) < 4.78 is 2.77. The third-order valence-electron chi connectivity index (χ3n) is 15.4. The number of aryl methyl sites for hydroxylation is 1. The van der Waals surface area contributed by atoms with Gasteiger partial charge in [-0.2, -0.15) is 0 Å². The lowest BCUT2D eigenvalue weighted by Crippen LogP contribution is -2.57. The molecule has 1 aromatic heterocycles. The van der Waals surface area contributed by atoms with Crippen LogP contribution < -0.4 is 15.8 Å². The Kier molecular flexibility index (Phi) is 10.5. The first-order valence-electron chi connectivity index (χ1n) is 25.5. The molecule has 0 amide bonds. The molecule has 2 aliphatic heterocycles. The van der Waals surface area contributed by atoms with Crippen LogP contribution in [0, 0.1) is 6.92 Å². The Morgan fingerprint density at radius 1 is 0.386 bits per heavy atom. The molecular formula is C67H67BN2. The van der Waals surface area contributed by atoms with Crippen LogP contribution in [0.15, 0.2) is 170 Å². The van der Waals surface area contributed by atoms with Gasteiger partial charge in [0, 0.05) is 50.3 Å². The average Bonchev–Trinajstić information content (AvgIpc) is 3.66. The maximum absolute atomic E-state index is 2.77. The maximum atomic E-state index is 2.77. The zero-order valence-electron chi connectivity index (χ0n) is 43.6. The van der Waals surface area contributed by atoms with E-state index < -0.39 is 0 Å². The van der Waals surface area contributed by atoms with Gasteiger partial charge in [-0.3, -0.25) is 0 Å². The molecule has 0 unspecified atom stereocenters. The Bertz CT molecular complexity index is 3490. The normalized spacial score (nSPS) is 13.4. The lowest BCUT2D eigenvalue weighted by molar-refractivity contribution is 0.590. The standard InChI is InChI=1S/C67H67BN2/c1-42-19-17-18-22-53(42)63-60(45-20-15-14-16-21-45)56-39-46(43-23-27-48(28-24-43)64(2,3)4)38-55-54-37-47(44-25-29-49(30-26-44)65(5,6)7)40-59-61(54)68(70(63)62(55)56)57-41-51(67(11,12)13)33-36-58(57)69(59)52-34-31-50(32-35-52)66(8,9)10/h14-41H,1-13H3. The van der Waals surface area contributed by atoms with Crippen molar-refractivity contribution in [2.24, 2.45) is 0 Å². The van der Waals surface area contributed by atoms with Crippen LogP contribution in [0.25, 0.3) is 66.7 Å². The Morgan fingerprint density at radius 2 is 0.886 bits per heavy atom. The zero-order valence-corrected chi connectivity index (χ0v) is 43.6. The summed E-state index contributed by atoms with van der Waals surface area (Å²) in [6, 6.07) is 65.8. The average molecular weight is 911 g/mol. The van der Waals surface area contributed by atoms with Gasteiger partial charge in [-0.05, 0) is 143 Å². The number of nitrogens with zero attached hydrogens (tertiary/aromatic N) is 2. The molecule has 0 saturated carbocycles. The predicted molar refractivity (Wildman–Crippen MR) is 304 cm³/mol. The number of benzene rings is 8. The van der Waals surface area contributed by atoms with Crippen LogP contribution >= 0.6 is 0 Å². The topological polar surface area (TPSA) is 8.17 Å². The molecule has 0 fully saturated rings. The summed E-state index contributed by atoms with van der Waals surface area (Å²) in [5.41, 5.74) is 26.7. The predicted octanol–water partition coefficient (Wildman–Crippen LogP) is 17.2. The molecule has 348 valence electrons. The van der Waals surface area contributed by atoms with Crippen LogP contribution in [-0.4, -0.2) is 11.3 Å². The Labute approximate surface area is 418 Å². The second-order valence-electron chi connectivity index (χ2n) is 24.4. The summed E-state index contributed by atoms with van der Waals surface area (Å²) in [5.74, 6) is 0. The molecule has 0 atom stereocenters. The van der Waals surface area contributed by atoms with Crippen LogP contribution in [0.1, 0.15) is 111 Å². The monoisotopic (exact) mass is 911 g/mol. The van der Waals surface area contributed by atoms with Crippen molar-refractivity contribution in [1.82, 2.24) is 4.48 Å². The molecule has 2 aliphatic rings. The third-order valence-corrected chi connectivity index (χ3v) is 15.4. The first-order valence-corrected chi connectivity index (χ1v) is 25.5. The summed E-state index contributed by atoms with van der Waals surface area (Å²) in [6.07, 6.45) is 0. The van der Waals surface area contributed by atoms with Crippen molar-refractivity contribution in [1.29, 1.82) is 0 Å². The molecule has 70 heavy (non-hydrogen) atoms. The highest BCUT2D eigenvalue weighted by molar-refractivity contribution is 6.90. The fraction of sp³-hybridized carbons (Fsp3) is 0.254. The van der Waals surface area contributed by atoms with E-state index in [0.717, 1.165) is 0 Å². The van der Waals surface area contributed by atoms with Gasteiger partial charge in [-0.25, -0.2) is 0 Å². The molecule has 2 nitrogen and oxygen atoms in total. The van der Waals surface area contributed by atoms with E-state index in [2.05, 4.69) is 269 Å². The van der Waals surface area contributed by atoms with Gasteiger partial charge in [0.2, 0.25) is 0 Å². The molecule has 9 aromatic rings. The molecular weight excluding hydrogens is 844 g/mol. The highest BCUT2D eigenvalue weighted by Gasteiger charge is 2.45. The third kappa shape index (κ3) is 7.56. The number of fused-ring (bicyclic) bond motifs is 4. The summed E-state index contributed by atoms with van der Waals surface area (Å²) in [5, 5.41) is 1.28. The second kappa shape index (κ2) is 16.1. The van der Waals surface area contributed by atoms with E-state index in [-0.39, 0.29) is 28.5 Å². The highest BCUT2D eigenvalue weighted by atomic mass is 15.2. The van der Waals surface area contributed by atoms with Gasteiger partial charge in [0.1, 0.15) is 0 Å². The Hall–Kier alpha value is -6.84. The van der Waals surface area contributed by atoms with Crippen molar-refractivity contribution in [3.63, 3.8) is 0 Å². The van der Waals surface area contributed by atoms with E-state index >= 15 is 0 Å². The van der Waals surface area contributed by atoms with Gasteiger partial charge in [0.05, 0.1) is 0 Å². The van der Waals surface area contributed by atoms with Gasteiger partial charge in [-0.15, -0.1) is 0 Å². The van der Waals surface area contributed by atoms with Crippen molar-refractivity contribution in [3.05, 3.63) is 198 Å². The number of aromatic nitrogens is 1. The van der Waals surface area contributed by atoms with E-state index in [0.29, 0.717) is 0 Å². The van der Waals surface area contributed by atoms with E-state index in [4.69, 9.17) is 0 Å². The minimum Gasteiger partial charge on any atom is -0.375 e. The van der Waals surface area contributed by atoms with Crippen LogP contribution in [0.4, 0.5) is 17.1 Å². The van der Waals surface area contributed by atoms with Crippen molar-refractivity contribution in [2.75, 3.05) is 4.90 Å². The SMILES string of the molecule is Cc1ccccc1-c1c(-c2ccccc2)c2cc(-c3ccc(C(C)(C)C)cc3)cc3c2n1B1c2cc(C(C)(C)C)ccc2N(c2ccc(C(C)(C)C)cc2)c2cc(-c4ccc(C(C)(C)C)cc4)cc-3c21. The van der Waals surface area contributed by atoms with Gasteiger partial charge in [0.15, 0.2) is 0 Å². The Balaban J connectivity index is 1.33. The summed E-state index contributed by atoms with van der Waals surface area (Å²) in [6.45, 7) is 29.9. The van der Waals surface area contributed by atoms with Crippen molar-refractivity contribution >= 4 is 45.7 Å². The van der Waals surface area contributed by atoms with Crippen LogP contribution in [0.2, 0.25) is 0 Å². The molecule has 3 heterocycles. The molecule has 0 bridgehead atoms. The van der Waals surface area contributed by atoms with Crippen molar-refractivity contribution in [2.45, 2.75) is 112 Å². The summed E-state index contributed by atoms with van der Waals surface area (Å²) in [7, 11) is 0. The molecule has 0 saturated heterocycles. The Morgan fingerprint density at radius 3 is 1.44 bits per heavy atom. The highest BCUT2D eigenvalue weighted by Crippen LogP contribution is 2.52. The molecule has 8 aromatic carbocycles. The second-order valence-corrected chi connectivity index (χ2v) is 24.4. The number of rotatable bonds is 5. The van der Waals surface area contributed by atoms with Crippen LogP contribution in [0.5, 0.6) is 0 Å². The fourth-order valence-electron chi connectivity index (χ4n) is 11.3. The van der Waals surface area contributed by atoms with E-state index in [1.165, 1.54) is 122 Å². The van der Waals surface area contributed by atoms with E-state index in [9.17, 15) is 0 Å². The smallest absolute Gasteiger partial charge is 0.333 e. The zero-order chi connectivity index (χ0) is 49.2. The lowest BCUT2D eigenvalue weighted by Gasteiger charge is -2.42. The van der Waals surface area contributed by atoms with E-state index in [1.807, 2.05) is 0 Å². The first-order chi connectivity index (χ1) is 33.2. The first kappa shape index (κ1) is 45.6. The largest absolute Gasteiger partial charge is 0.375 e. The quantitative estimate of drug-likeness (QED) is 0.156. The van der Waals surface area contributed by atoms with Crippen LogP contribution in [-0.2, 0) is 21.7 Å². The molecule has 0 N–H and O–H groups in total. The minimum absolute atomic E-state index is 0.0278. The molecule has 11 rings (SSSR count).